The number of anilines is 1. The molecule has 0 saturated heterocycles. The second-order valence-electron chi connectivity index (χ2n) is 7.14. The van der Waals surface area contributed by atoms with Crippen molar-refractivity contribution < 1.29 is 13.4 Å². The number of benzene rings is 2. The van der Waals surface area contributed by atoms with Gasteiger partial charge < -0.3 is 9.73 Å². The predicted octanol–water partition coefficient (Wildman–Crippen LogP) is 3.30. The van der Waals surface area contributed by atoms with Gasteiger partial charge in [-0.25, -0.2) is 9.48 Å². The van der Waals surface area contributed by atoms with Crippen molar-refractivity contribution >= 4 is 33.5 Å². The number of nitrogens with zero attached hydrogens (tertiary/aromatic N) is 2. The van der Waals surface area contributed by atoms with E-state index in [4.69, 9.17) is 4.42 Å². The van der Waals surface area contributed by atoms with Crippen molar-refractivity contribution in [1.29, 1.82) is 0 Å². The van der Waals surface area contributed by atoms with Gasteiger partial charge in [-0.15, -0.1) is 0 Å². The minimum Gasteiger partial charge on any atom is -0.422 e. The molecule has 4 aromatic rings. The average molecular weight is 419 g/mol. The summed E-state index contributed by atoms with van der Waals surface area (Å²) in [4.78, 5) is 25.4. The van der Waals surface area contributed by atoms with Crippen molar-refractivity contribution in [1.82, 2.24) is 9.78 Å². The van der Waals surface area contributed by atoms with Crippen LogP contribution in [-0.4, -0.2) is 19.9 Å². The van der Waals surface area contributed by atoms with Gasteiger partial charge >= 0.3 is 5.63 Å². The molecule has 0 unspecified atom stereocenters. The largest absolute Gasteiger partial charge is 0.422 e. The van der Waals surface area contributed by atoms with Crippen LogP contribution in [0.2, 0.25) is 0 Å². The Morgan fingerprint density at radius 3 is 2.73 bits per heavy atom. The smallest absolute Gasteiger partial charge is 0.349 e. The minimum atomic E-state index is -1.06. The Morgan fingerprint density at radius 2 is 1.90 bits per heavy atom. The molecule has 150 valence electrons. The van der Waals surface area contributed by atoms with E-state index in [0.29, 0.717) is 34.0 Å². The number of rotatable bonds is 3. The van der Waals surface area contributed by atoms with Crippen LogP contribution in [0.3, 0.4) is 0 Å². The molecule has 0 aliphatic carbocycles. The molecule has 30 heavy (non-hydrogen) atoms. The zero-order valence-electron chi connectivity index (χ0n) is 16.0. The van der Waals surface area contributed by atoms with Crippen LogP contribution in [0.1, 0.15) is 27.2 Å². The third-order valence-electron chi connectivity index (χ3n) is 5.13. The summed E-state index contributed by atoms with van der Waals surface area (Å²) in [6.45, 7) is 1.95. The maximum atomic E-state index is 13.0. The second kappa shape index (κ2) is 7.07. The van der Waals surface area contributed by atoms with E-state index in [2.05, 4.69) is 10.4 Å². The number of nitrogens with one attached hydrogen (secondary N) is 1. The Morgan fingerprint density at radius 1 is 1.13 bits per heavy atom. The topological polar surface area (TPSA) is 94.2 Å². The van der Waals surface area contributed by atoms with Gasteiger partial charge in [0.1, 0.15) is 17.0 Å². The molecule has 1 atom stereocenters. The molecule has 1 aliphatic rings. The molecule has 2 aromatic carbocycles. The Kier molecular flexibility index (Phi) is 4.36. The number of amides is 1. The zero-order chi connectivity index (χ0) is 20.8. The first kappa shape index (κ1) is 18.5. The lowest BCUT2D eigenvalue weighted by atomic mass is 10.1. The van der Waals surface area contributed by atoms with Crippen molar-refractivity contribution in [3.8, 4) is 5.69 Å². The fourth-order valence-corrected chi connectivity index (χ4v) is 4.89. The summed E-state index contributed by atoms with van der Waals surface area (Å²) in [7, 11) is -1.06. The van der Waals surface area contributed by atoms with Crippen LogP contribution in [0.25, 0.3) is 16.7 Å². The summed E-state index contributed by atoms with van der Waals surface area (Å²) < 4.78 is 19.0. The fourth-order valence-electron chi connectivity index (χ4n) is 3.63. The molecular weight excluding hydrogens is 402 g/mol. The molecule has 0 spiro atoms. The summed E-state index contributed by atoms with van der Waals surface area (Å²) >= 11 is 0. The lowest BCUT2D eigenvalue weighted by Gasteiger charge is -2.12. The SMILES string of the molecule is Cc1ccccc1-n1nc2c(c1NC(=O)c1cc3ccccc3oc1=O)C[S@@](=O)C2. The molecule has 2 aromatic heterocycles. The van der Waals surface area contributed by atoms with E-state index in [1.807, 2.05) is 31.2 Å². The van der Waals surface area contributed by atoms with Gasteiger partial charge in [0.05, 0.1) is 22.9 Å². The molecule has 1 aliphatic heterocycles. The highest BCUT2D eigenvalue weighted by Gasteiger charge is 2.29. The number of hydrogen-bond donors (Lipinski definition) is 1. The second-order valence-corrected chi connectivity index (χ2v) is 8.60. The first-order valence-corrected chi connectivity index (χ1v) is 10.9. The third-order valence-corrected chi connectivity index (χ3v) is 6.34. The highest BCUT2D eigenvalue weighted by molar-refractivity contribution is 7.83. The van der Waals surface area contributed by atoms with Crippen LogP contribution >= 0.6 is 0 Å². The van der Waals surface area contributed by atoms with Gasteiger partial charge in [0.25, 0.3) is 5.91 Å². The monoisotopic (exact) mass is 419 g/mol. The van der Waals surface area contributed by atoms with Crippen molar-refractivity contribution in [2.75, 3.05) is 5.32 Å². The molecule has 1 amide bonds. The van der Waals surface area contributed by atoms with Crippen LogP contribution in [0, 0.1) is 6.92 Å². The number of aryl methyl sites for hydroxylation is 1. The number of hydrogen-bond acceptors (Lipinski definition) is 5. The van der Waals surface area contributed by atoms with Gasteiger partial charge in [-0.1, -0.05) is 36.4 Å². The molecule has 7 nitrogen and oxygen atoms in total. The zero-order valence-corrected chi connectivity index (χ0v) is 16.9. The van der Waals surface area contributed by atoms with E-state index in [0.717, 1.165) is 16.8 Å². The van der Waals surface area contributed by atoms with Crippen LogP contribution < -0.4 is 10.9 Å². The maximum Gasteiger partial charge on any atom is 0.349 e. The molecule has 0 fully saturated rings. The van der Waals surface area contributed by atoms with E-state index >= 15 is 0 Å². The van der Waals surface area contributed by atoms with Crippen molar-refractivity contribution in [3.63, 3.8) is 0 Å². The van der Waals surface area contributed by atoms with E-state index in [-0.39, 0.29) is 5.56 Å². The lowest BCUT2D eigenvalue weighted by Crippen LogP contribution is -2.23. The van der Waals surface area contributed by atoms with E-state index in [9.17, 15) is 13.8 Å². The van der Waals surface area contributed by atoms with Crippen molar-refractivity contribution in [2.24, 2.45) is 0 Å². The Bertz CT molecular complexity index is 1400. The Labute approximate surface area is 173 Å². The third kappa shape index (κ3) is 3.05. The minimum absolute atomic E-state index is 0.0981. The van der Waals surface area contributed by atoms with Gasteiger partial charge in [-0.05, 0) is 30.7 Å². The molecule has 0 saturated carbocycles. The normalized spacial score (nSPS) is 15.3. The van der Waals surface area contributed by atoms with Crippen LogP contribution in [0.15, 0.2) is 63.8 Å². The molecule has 3 heterocycles. The molecular formula is C22H17N3O4S. The summed E-state index contributed by atoms with van der Waals surface area (Å²) in [5.74, 6) is 0.491. The van der Waals surface area contributed by atoms with E-state index in [1.165, 1.54) is 6.07 Å². The Hall–Kier alpha value is -3.52. The quantitative estimate of drug-likeness (QED) is 0.514. The number of aromatic nitrogens is 2. The number of carbonyl (C=O) groups excluding carboxylic acids is 1. The maximum absolute atomic E-state index is 13.0. The fraction of sp³-hybridized carbons (Fsp3) is 0.136. The van der Waals surface area contributed by atoms with Gasteiger partial charge in [0, 0.05) is 21.7 Å². The van der Waals surface area contributed by atoms with E-state index in [1.54, 1.807) is 28.9 Å². The summed E-state index contributed by atoms with van der Waals surface area (Å²) in [5, 5.41) is 8.08. The van der Waals surface area contributed by atoms with Gasteiger partial charge in [-0.2, -0.15) is 5.10 Å². The van der Waals surface area contributed by atoms with Crippen LogP contribution in [0.5, 0.6) is 0 Å². The van der Waals surface area contributed by atoms with Crippen LogP contribution in [-0.2, 0) is 22.3 Å². The molecule has 8 heteroatoms. The number of fused-ring (bicyclic) bond motifs is 2. The predicted molar refractivity (Wildman–Crippen MR) is 114 cm³/mol. The lowest BCUT2D eigenvalue weighted by molar-refractivity contribution is 0.102. The van der Waals surface area contributed by atoms with E-state index < -0.39 is 22.3 Å². The standard InChI is InChI=1S/C22H17N3O4S/c1-13-6-2-4-8-18(13)25-20(16-11-30(28)12-17(16)24-25)23-21(26)15-10-14-7-3-5-9-19(14)29-22(15)27/h2-10H,11-12H2,1H3,(H,23,26)/t30-/m1/s1. The first-order valence-electron chi connectivity index (χ1n) is 9.37. The van der Waals surface area contributed by atoms with Crippen LogP contribution in [0.4, 0.5) is 5.82 Å². The number of para-hydroxylation sites is 2. The average Bonchev–Trinajstić information content (AvgIpc) is 3.24. The van der Waals surface area contributed by atoms with Gasteiger partial charge in [-0.3, -0.25) is 9.00 Å². The highest BCUT2D eigenvalue weighted by atomic mass is 32.2. The molecule has 0 bridgehead atoms. The summed E-state index contributed by atoms with van der Waals surface area (Å²) in [5.41, 5.74) is 2.80. The molecule has 1 N–H and O–H groups in total. The van der Waals surface area contributed by atoms with Crippen molar-refractivity contribution in [2.45, 2.75) is 18.4 Å². The summed E-state index contributed by atoms with van der Waals surface area (Å²) in [6, 6.07) is 16.2. The highest BCUT2D eigenvalue weighted by Crippen LogP contribution is 2.32. The Balaban J connectivity index is 1.60. The summed E-state index contributed by atoms with van der Waals surface area (Å²) in [6.07, 6.45) is 0. The van der Waals surface area contributed by atoms with Crippen molar-refractivity contribution in [3.05, 3.63) is 87.4 Å². The number of carbonyl (C=O) groups is 1. The molecule has 0 radical (unpaired) electrons. The van der Waals surface area contributed by atoms with Gasteiger partial charge in [0.2, 0.25) is 0 Å². The van der Waals surface area contributed by atoms with Gasteiger partial charge in [0.15, 0.2) is 0 Å². The molecule has 5 rings (SSSR count). The first-order chi connectivity index (χ1) is 14.5.